The highest BCUT2D eigenvalue weighted by atomic mass is 35.5. The molecule has 3 N–H and O–H groups in total. The summed E-state index contributed by atoms with van der Waals surface area (Å²) < 4.78 is 13.4. The summed E-state index contributed by atoms with van der Waals surface area (Å²) >= 11 is 0. The van der Waals surface area contributed by atoms with Crippen molar-refractivity contribution in [2.45, 2.75) is 19.9 Å². The number of halogens is 2. The second kappa shape index (κ2) is 8.50. The number of rotatable bonds is 5. The van der Waals surface area contributed by atoms with Crippen molar-refractivity contribution < 1.29 is 14.0 Å². The van der Waals surface area contributed by atoms with Crippen LogP contribution in [0.3, 0.4) is 0 Å². The van der Waals surface area contributed by atoms with Crippen molar-refractivity contribution in [2.24, 2.45) is 0 Å². The molecule has 0 aliphatic carbocycles. The van der Waals surface area contributed by atoms with Crippen molar-refractivity contribution in [2.75, 3.05) is 18.9 Å². The molecule has 112 valence electrons. The fraction of sp³-hybridized carbons (Fsp3) is 0.385. The van der Waals surface area contributed by atoms with Gasteiger partial charge in [0.25, 0.3) is 5.91 Å². The predicted molar refractivity (Wildman–Crippen MR) is 78.8 cm³/mol. The maximum Gasteiger partial charge on any atom is 0.251 e. The van der Waals surface area contributed by atoms with E-state index in [0.717, 1.165) is 6.07 Å². The molecule has 20 heavy (non-hydrogen) atoms. The van der Waals surface area contributed by atoms with E-state index in [4.69, 9.17) is 0 Å². The van der Waals surface area contributed by atoms with Crippen LogP contribution in [-0.4, -0.2) is 31.4 Å². The quantitative estimate of drug-likeness (QED) is 0.773. The first-order valence-corrected chi connectivity index (χ1v) is 5.96. The molecule has 1 aromatic rings. The summed E-state index contributed by atoms with van der Waals surface area (Å²) in [7, 11) is 1.80. The zero-order valence-electron chi connectivity index (χ0n) is 11.6. The number of nitrogens with one attached hydrogen (secondary N) is 3. The van der Waals surface area contributed by atoms with Gasteiger partial charge in [0.15, 0.2) is 0 Å². The van der Waals surface area contributed by atoms with Crippen molar-refractivity contribution in [3.05, 3.63) is 29.6 Å². The van der Waals surface area contributed by atoms with Crippen LogP contribution in [0.2, 0.25) is 0 Å². The van der Waals surface area contributed by atoms with Crippen LogP contribution in [0, 0.1) is 5.82 Å². The monoisotopic (exact) mass is 303 g/mol. The number of hydrogen-bond acceptors (Lipinski definition) is 3. The maximum atomic E-state index is 13.4. The summed E-state index contributed by atoms with van der Waals surface area (Å²) in [5, 5.41) is 8.04. The summed E-state index contributed by atoms with van der Waals surface area (Å²) in [4.78, 5) is 22.8. The molecule has 5 nitrogen and oxygen atoms in total. The molecule has 0 spiro atoms. The van der Waals surface area contributed by atoms with Crippen molar-refractivity contribution >= 4 is 29.9 Å². The highest BCUT2D eigenvalue weighted by Gasteiger charge is 2.11. The zero-order valence-corrected chi connectivity index (χ0v) is 12.4. The topological polar surface area (TPSA) is 70.2 Å². The molecule has 0 bridgehead atoms. The number of anilines is 1. The Morgan fingerprint density at radius 2 is 2.00 bits per heavy atom. The minimum absolute atomic E-state index is 0. The van der Waals surface area contributed by atoms with Gasteiger partial charge in [-0.25, -0.2) is 4.39 Å². The van der Waals surface area contributed by atoms with Crippen molar-refractivity contribution in [1.82, 2.24) is 10.6 Å². The molecule has 0 aliphatic rings. The van der Waals surface area contributed by atoms with E-state index in [0.29, 0.717) is 12.1 Å². The smallest absolute Gasteiger partial charge is 0.251 e. The molecular weight excluding hydrogens is 285 g/mol. The first-order valence-electron chi connectivity index (χ1n) is 5.96. The van der Waals surface area contributed by atoms with Crippen LogP contribution in [0.25, 0.3) is 0 Å². The van der Waals surface area contributed by atoms with E-state index in [2.05, 4.69) is 16.0 Å². The van der Waals surface area contributed by atoms with Crippen LogP contribution >= 0.6 is 12.4 Å². The Balaban J connectivity index is 0.00000361. The van der Waals surface area contributed by atoms with Gasteiger partial charge in [0, 0.05) is 25.1 Å². The largest absolute Gasteiger partial charge is 0.350 e. The molecule has 0 heterocycles. The Hall–Kier alpha value is -1.66. The number of carbonyl (C=O) groups is 2. The summed E-state index contributed by atoms with van der Waals surface area (Å²) in [5.74, 6) is -1.27. The molecule has 0 aromatic heterocycles. The highest BCUT2D eigenvalue weighted by Crippen LogP contribution is 2.16. The van der Waals surface area contributed by atoms with Crippen molar-refractivity contribution in [3.8, 4) is 0 Å². The fourth-order valence-corrected chi connectivity index (χ4v) is 1.40. The van der Waals surface area contributed by atoms with E-state index in [9.17, 15) is 14.0 Å². The molecule has 1 atom stereocenters. The third-order valence-electron chi connectivity index (χ3n) is 2.60. The lowest BCUT2D eigenvalue weighted by molar-refractivity contribution is -0.114. The number of hydrogen-bond donors (Lipinski definition) is 3. The minimum Gasteiger partial charge on any atom is -0.350 e. The van der Waals surface area contributed by atoms with Crippen LogP contribution < -0.4 is 16.0 Å². The van der Waals surface area contributed by atoms with Crippen molar-refractivity contribution in [3.63, 3.8) is 0 Å². The number of carbonyl (C=O) groups excluding carboxylic acids is 2. The van der Waals surface area contributed by atoms with Gasteiger partial charge >= 0.3 is 0 Å². The molecular formula is C13H19ClFN3O2. The molecule has 0 saturated carbocycles. The third kappa shape index (κ3) is 5.54. The standard InChI is InChI=1S/C13H18FN3O2.ClH/c1-8(15-3)7-16-13(19)10-4-5-11(14)12(6-10)17-9(2)18;/h4-6,8,15H,7H2,1-3H3,(H,16,19)(H,17,18);1H. The maximum absolute atomic E-state index is 13.4. The SMILES string of the molecule is CNC(C)CNC(=O)c1ccc(F)c(NC(C)=O)c1.Cl. The van der Waals surface area contributed by atoms with Crippen LogP contribution in [0.15, 0.2) is 18.2 Å². The summed E-state index contributed by atoms with van der Waals surface area (Å²) in [6, 6.07) is 3.98. The molecule has 7 heteroatoms. The Morgan fingerprint density at radius 3 is 2.55 bits per heavy atom. The lowest BCUT2D eigenvalue weighted by Gasteiger charge is -2.12. The van der Waals surface area contributed by atoms with Gasteiger partial charge in [0.2, 0.25) is 5.91 Å². The fourth-order valence-electron chi connectivity index (χ4n) is 1.40. The minimum atomic E-state index is -0.574. The van der Waals surface area contributed by atoms with Gasteiger partial charge in [-0.3, -0.25) is 9.59 Å². The normalized spacial score (nSPS) is 11.2. The number of amides is 2. The molecule has 2 amide bonds. The van der Waals surface area contributed by atoms with Gasteiger partial charge in [-0.2, -0.15) is 0 Å². The first kappa shape index (κ1) is 18.3. The Morgan fingerprint density at radius 1 is 1.35 bits per heavy atom. The number of benzene rings is 1. The van der Waals surface area contributed by atoms with Gasteiger partial charge in [-0.15, -0.1) is 12.4 Å². The molecule has 1 aromatic carbocycles. The van der Waals surface area contributed by atoms with Crippen molar-refractivity contribution in [1.29, 1.82) is 0 Å². The second-order valence-electron chi connectivity index (χ2n) is 4.28. The van der Waals surface area contributed by atoms with Gasteiger partial charge in [0.1, 0.15) is 5.82 Å². The average Bonchev–Trinajstić information content (AvgIpc) is 2.37. The first-order chi connectivity index (χ1) is 8.93. The Bertz CT molecular complexity index is 483. The lowest BCUT2D eigenvalue weighted by Crippen LogP contribution is -2.37. The molecule has 1 rings (SSSR count). The van der Waals surface area contributed by atoms with E-state index >= 15 is 0 Å². The van der Waals surface area contributed by atoms with E-state index < -0.39 is 5.82 Å². The van der Waals surface area contributed by atoms with Gasteiger partial charge in [0.05, 0.1) is 5.69 Å². The molecule has 0 fully saturated rings. The third-order valence-corrected chi connectivity index (χ3v) is 2.60. The number of likely N-dealkylation sites (N-methyl/N-ethyl adjacent to an activating group) is 1. The van der Waals surface area contributed by atoms with Crippen LogP contribution in [-0.2, 0) is 4.79 Å². The average molecular weight is 304 g/mol. The van der Waals surface area contributed by atoms with Gasteiger partial charge < -0.3 is 16.0 Å². The van der Waals surface area contributed by atoms with E-state index in [-0.39, 0.29) is 36.0 Å². The summed E-state index contributed by atoms with van der Waals surface area (Å²) in [6.07, 6.45) is 0. The molecule has 0 radical (unpaired) electrons. The Kier molecular flexibility index (Phi) is 7.79. The predicted octanol–water partition coefficient (Wildman–Crippen LogP) is 1.54. The van der Waals surface area contributed by atoms with Gasteiger partial charge in [-0.1, -0.05) is 0 Å². The molecule has 0 saturated heterocycles. The lowest BCUT2D eigenvalue weighted by atomic mass is 10.1. The van der Waals surface area contributed by atoms with Gasteiger partial charge in [-0.05, 0) is 32.2 Å². The zero-order chi connectivity index (χ0) is 14.4. The van der Waals surface area contributed by atoms with E-state index in [1.165, 1.54) is 19.1 Å². The second-order valence-corrected chi connectivity index (χ2v) is 4.28. The van der Waals surface area contributed by atoms with E-state index in [1.54, 1.807) is 7.05 Å². The van der Waals surface area contributed by atoms with E-state index in [1.807, 2.05) is 6.92 Å². The summed E-state index contributed by atoms with van der Waals surface area (Å²) in [6.45, 7) is 3.66. The van der Waals surface area contributed by atoms with Crippen LogP contribution in [0.4, 0.5) is 10.1 Å². The molecule has 1 unspecified atom stereocenters. The van der Waals surface area contributed by atoms with Crippen LogP contribution in [0.1, 0.15) is 24.2 Å². The molecule has 0 aliphatic heterocycles. The van der Waals surface area contributed by atoms with Crippen LogP contribution in [0.5, 0.6) is 0 Å². The summed E-state index contributed by atoms with van der Waals surface area (Å²) in [5.41, 5.74) is 0.301. The Labute approximate surface area is 123 Å². The highest BCUT2D eigenvalue weighted by molar-refractivity contribution is 5.96.